The first kappa shape index (κ1) is 13.7. The van der Waals surface area contributed by atoms with E-state index in [1.807, 2.05) is 56.4 Å². The molecule has 0 aliphatic carbocycles. The summed E-state index contributed by atoms with van der Waals surface area (Å²) in [5.41, 5.74) is 0.936. The van der Waals surface area contributed by atoms with Crippen molar-refractivity contribution in [3.63, 3.8) is 0 Å². The van der Waals surface area contributed by atoms with Gasteiger partial charge in [-0.15, -0.1) is 0 Å². The van der Waals surface area contributed by atoms with Gasteiger partial charge in [-0.05, 0) is 26.7 Å². The summed E-state index contributed by atoms with van der Waals surface area (Å²) in [7, 11) is 10.8. The Bertz CT molecular complexity index is 272. The molecule has 1 aromatic rings. The minimum Gasteiger partial charge on any atom is -0.470 e. The molecule has 0 spiro atoms. The van der Waals surface area contributed by atoms with Gasteiger partial charge in [0.05, 0.1) is 0 Å². The van der Waals surface area contributed by atoms with Crippen LogP contribution in [-0.4, -0.2) is 39.8 Å². The van der Waals surface area contributed by atoms with E-state index in [9.17, 15) is 4.79 Å². The van der Waals surface area contributed by atoms with E-state index >= 15 is 0 Å². The van der Waals surface area contributed by atoms with Gasteiger partial charge in [0.15, 0.2) is 0 Å². The average molecular weight is 205 g/mol. The minimum atomic E-state index is -0.742. The van der Waals surface area contributed by atoms with Crippen LogP contribution in [0.15, 0.2) is 30.3 Å². The zero-order valence-electron chi connectivity index (χ0n) is 9.43. The smallest absolute Gasteiger partial charge is 0.236 e. The lowest BCUT2D eigenvalue weighted by Crippen LogP contribution is -2.00. The van der Waals surface area contributed by atoms with E-state index in [2.05, 4.69) is 4.74 Å². The molecule has 2 radical (unpaired) electrons. The van der Waals surface area contributed by atoms with E-state index in [4.69, 9.17) is 7.85 Å². The molecule has 0 saturated carbocycles. The summed E-state index contributed by atoms with van der Waals surface area (Å²) in [5.74, 6) is -0.742. The molecule has 0 aromatic heterocycles. The fourth-order valence-corrected chi connectivity index (χ4v) is 0.729. The second kappa shape index (κ2) is 8.06. The van der Waals surface area contributed by atoms with Crippen molar-refractivity contribution < 1.29 is 9.53 Å². The summed E-state index contributed by atoms with van der Waals surface area (Å²) in [4.78, 5) is 12.2. The molecular weight excluding hydrogens is 189 g/mol. The van der Waals surface area contributed by atoms with Crippen molar-refractivity contribution in [1.82, 2.24) is 4.90 Å². The molecular formula is C11H16BNO2. The summed E-state index contributed by atoms with van der Waals surface area (Å²) in [6.07, 6.45) is 0. The van der Waals surface area contributed by atoms with E-state index in [-0.39, 0.29) is 6.61 Å². The number of rotatable bonds is 2. The van der Waals surface area contributed by atoms with Gasteiger partial charge >= 0.3 is 0 Å². The quantitative estimate of drug-likeness (QED) is 0.687. The molecule has 0 fully saturated rings. The highest BCUT2D eigenvalue weighted by atomic mass is 16.5. The van der Waals surface area contributed by atoms with Gasteiger partial charge in [-0.25, -0.2) is 0 Å². The van der Waals surface area contributed by atoms with Crippen LogP contribution in [0.1, 0.15) is 5.56 Å². The van der Waals surface area contributed by atoms with Gasteiger partial charge < -0.3 is 9.64 Å². The van der Waals surface area contributed by atoms with Gasteiger partial charge in [0.25, 0.3) is 0 Å². The predicted molar refractivity (Wildman–Crippen MR) is 62.0 cm³/mol. The maximum Gasteiger partial charge on any atom is 0.236 e. The van der Waals surface area contributed by atoms with Crippen LogP contribution in [0.4, 0.5) is 4.79 Å². The molecule has 0 saturated heterocycles. The summed E-state index contributed by atoms with van der Waals surface area (Å²) < 4.78 is 4.57. The molecule has 0 amide bonds. The molecule has 0 aliphatic heterocycles. The number of ether oxygens (including phenoxy) is 1. The lowest BCUT2D eigenvalue weighted by Gasteiger charge is -2.00. The second-order valence-corrected chi connectivity index (χ2v) is 3.43. The highest BCUT2D eigenvalue weighted by molar-refractivity contribution is 6.55. The molecule has 1 aromatic carbocycles. The molecule has 4 heteroatoms. The number of nitrogens with zero attached hydrogens (tertiary/aromatic N) is 1. The van der Waals surface area contributed by atoms with Crippen LogP contribution in [-0.2, 0) is 11.3 Å². The highest BCUT2D eigenvalue weighted by Gasteiger charge is 1.92. The normalized spacial score (nSPS) is 9.07. The molecule has 80 valence electrons. The third-order valence-electron chi connectivity index (χ3n) is 1.22. The largest absolute Gasteiger partial charge is 0.470 e. The first-order valence-electron chi connectivity index (χ1n) is 4.59. The predicted octanol–water partition coefficient (Wildman–Crippen LogP) is 1.67. The molecule has 0 aliphatic rings. The van der Waals surface area contributed by atoms with Gasteiger partial charge in [-0.2, -0.15) is 0 Å². The highest BCUT2D eigenvalue weighted by Crippen LogP contribution is 1.99. The zero-order chi connectivity index (χ0) is 11.7. The lowest BCUT2D eigenvalue weighted by molar-refractivity contribution is 0.167. The second-order valence-electron chi connectivity index (χ2n) is 3.43. The van der Waals surface area contributed by atoms with Crippen molar-refractivity contribution in [2.45, 2.75) is 6.61 Å². The van der Waals surface area contributed by atoms with Crippen molar-refractivity contribution in [3.8, 4) is 0 Å². The van der Waals surface area contributed by atoms with Crippen LogP contribution in [0, 0.1) is 0 Å². The molecule has 0 unspecified atom stereocenters. The van der Waals surface area contributed by atoms with Gasteiger partial charge in [-0.3, -0.25) is 4.79 Å². The summed E-state index contributed by atoms with van der Waals surface area (Å²) in [5, 5.41) is 0. The van der Waals surface area contributed by atoms with Crippen molar-refractivity contribution in [2.75, 3.05) is 21.1 Å². The standard InChI is InChI=1S/C8H7BO2.C3H9N/c9-8(10)11-6-7-4-2-1-3-5-7;1-4(2)3/h1-5H,6H2;1-3H3. The maximum atomic E-state index is 10.2. The topological polar surface area (TPSA) is 29.5 Å². The van der Waals surface area contributed by atoms with Crippen LogP contribution >= 0.6 is 0 Å². The van der Waals surface area contributed by atoms with Crippen molar-refractivity contribution in [3.05, 3.63) is 35.9 Å². The molecule has 0 bridgehead atoms. The van der Waals surface area contributed by atoms with E-state index in [0.717, 1.165) is 5.56 Å². The Morgan fingerprint density at radius 1 is 1.27 bits per heavy atom. The Labute approximate surface area is 92.4 Å². The Balaban J connectivity index is 0.000000423. The van der Waals surface area contributed by atoms with E-state index in [1.165, 1.54) is 0 Å². The third kappa shape index (κ3) is 10.6. The summed E-state index contributed by atoms with van der Waals surface area (Å²) in [6.45, 7) is 0.246. The number of hydrogen-bond acceptors (Lipinski definition) is 3. The van der Waals surface area contributed by atoms with Crippen molar-refractivity contribution in [1.29, 1.82) is 0 Å². The minimum absolute atomic E-state index is 0.246. The first-order valence-corrected chi connectivity index (χ1v) is 4.59. The Morgan fingerprint density at radius 3 is 2.13 bits per heavy atom. The summed E-state index contributed by atoms with van der Waals surface area (Å²) >= 11 is 0. The van der Waals surface area contributed by atoms with Crippen LogP contribution < -0.4 is 0 Å². The number of carbonyl (C=O) groups is 1. The molecule has 15 heavy (non-hydrogen) atoms. The van der Waals surface area contributed by atoms with Gasteiger partial charge in [0.1, 0.15) is 6.61 Å². The fraction of sp³-hybridized carbons (Fsp3) is 0.364. The number of carbonyl (C=O) groups excluding carboxylic acids is 1. The first-order chi connectivity index (χ1) is 7.02. The van der Waals surface area contributed by atoms with Crippen LogP contribution in [0.3, 0.4) is 0 Å². The van der Waals surface area contributed by atoms with E-state index in [0.29, 0.717) is 0 Å². The average Bonchev–Trinajstić information content (AvgIpc) is 2.15. The SMILES string of the molecule is CN(C)C.[B]C(=O)OCc1ccccc1. The van der Waals surface area contributed by atoms with Crippen molar-refractivity contribution in [2.24, 2.45) is 0 Å². The number of benzene rings is 1. The maximum absolute atomic E-state index is 10.2. The van der Waals surface area contributed by atoms with Gasteiger partial charge in [-0.1, -0.05) is 30.3 Å². The Morgan fingerprint density at radius 2 is 1.73 bits per heavy atom. The molecule has 1 rings (SSSR count). The molecule has 3 nitrogen and oxygen atoms in total. The Hall–Kier alpha value is -1.29. The molecule has 0 atom stereocenters. The monoisotopic (exact) mass is 205 g/mol. The van der Waals surface area contributed by atoms with Gasteiger partial charge in [0, 0.05) is 0 Å². The number of hydrogen-bond donors (Lipinski definition) is 0. The molecule has 0 heterocycles. The van der Waals surface area contributed by atoms with E-state index < -0.39 is 5.87 Å². The summed E-state index contributed by atoms with van der Waals surface area (Å²) in [6, 6.07) is 9.37. The zero-order valence-corrected chi connectivity index (χ0v) is 9.43. The van der Waals surface area contributed by atoms with Crippen LogP contribution in [0.25, 0.3) is 0 Å². The third-order valence-corrected chi connectivity index (χ3v) is 1.22. The Kier molecular flexibility index (Phi) is 7.37. The molecule has 0 N–H and O–H groups in total. The van der Waals surface area contributed by atoms with E-state index in [1.54, 1.807) is 0 Å². The van der Waals surface area contributed by atoms with Crippen LogP contribution in [0.5, 0.6) is 0 Å². The fourth-order valence-electron chi connectivity index (χ4n) is 0.729. The van der Waals surface area contributed by atoms with Crippen molar-refractivity contribution >= 4 is 13.7 Å². The lowest BCUT2D eigenvalue weighted by atomic mass is 10.2. The van der Waals surface area contributed by atoms with Gasteiger partial charge in [0.2, 0.25) is 13.7 Å². The van der Waals surface area contributed by atoms with Crippen LogP contribution in [0.2, 0.25) is 0 Å².